The zero-order valence-electron chi connectivity index (χ0n) is 14.0. The second-order valence-electron chi connectivity index (χ2n) is 5.98. The van der Waals surface area contributed by atoms with Crippen molar-refractivity contribution in [2.75, 3.05) is 13.1 Å². The maximum Gasteiger partial charge on any atom is 0.220 e. The molecule has 0 spiro atoms. The SMILES string of the molecule is CC(=O)N1C/C(=C\c2sccc2C)C(=O)/C(=C/c2sccc2C)C1. The molecular formula is C19H19NO2S2. The summed E-state index contributed by atoms with van der Waals surface area (Å²) >= 11 is 3.23. The Morgan fingerprint density at radius 3 is 1.79 bits per heavy atom. The van der Waals surface area contributed by atoms with Crippen LogP contribution in [0.25, 0.3) is 12.2 Å². The van der Waals surface area contributed by atoms with E-state index >= 15 is 0 Å². The van der Waals surface area contributed by atoms with E-state index in [1.54, 1.807) is 34.5 Å². The molecule has 2 aromatic rings. The van der Waals surface area contributed by atoms with Crippen LogP contribution in [-0.2, 0) is 9.59 Å². The highest BCUT2D eigenvalue weighted by atomic mass is 32.1. The van der Waals surface area contributed by atoms with Crippen LogP contribution in [0.2, 0.25) is 0 Å². The minimum atomic E-state index is -0.00916. The number of amides is 1. The summed E-state index contributed by atoms with van der Waals surface area (Å²) in [5.41, 5.74) is 3.67. The molecule has 2 aromatic heterocycles. The minimum absolute atomic E-state index is 0.00916. The molecule has 0 saturated carbocycles. The summed E-state index contributed by atoms with van der Waals surface area (Å²) < 4.78 is 0. The maximum absolute atomic E-state index is 12.9. The second-order valence-corrected chi connectivity index (χ2v) is 7.87. The Hall–Kier alpha value is -1.98. The van der Waals surface area contributed by atoms with Crippen molar-refractivity contribution >= 4 is 46.5 Å². The first-order valence-electron chi connectivity index (χ1n) is 7.75. The van der Waals surface area contributed by atoms with E-state index in [1.807, 2.05) is 48.9 Å². The number of hydrogen-bond acceptors (Lipinski definition) is 4. The van der Waals surface area contributed by atoms with Crippen LogP contribution in [0.5, 0.6) is 0 Å². The van der Waals surface area contributed by atoms with E-state index in [2.05, 4.69) is 0 Å². The van der Waals surface area contributed by atoms with Gasteiger partial charge in [-0.3, -0.25) is 9.59 Å². The van der Waals surface area contributed by atoms with Crippen LogP contribution < -0.4 is 0 Å². The lowest BCUT2D eigenvalue weighted by Crippen LogP contribution is -2.40. The molecule has 0 bridgehead atoms. The number of nitrogens with zero attached hydrogens (tertiary/aromatic N) is 1. The van der Waals surface area contributed by atoms with Gasteiger partial charge in [-0.1, -0.05) is 0 Å². The molecule has 1 aliphatic heterocycles. The van der Waals surface area contributed by atoms with Crippen LogP contribution in [0, 0.1) is 13.8 Å². The third-order valence-corrected chi connectivity index (χ3v) is 6.10. The van der Waals surface area contributed by atoms with E-state index in [1.165, 1.54) is 0 Å². The molecule has 0 aromatic carbocycles. The Balaban J connectivity index is 2.01. The molecule has 124 valence electrons. The van der Waals surface area contributed by atoms with E-state index in [-0.39, 0.29) is 11.7 Å². The monoisotopic (exact) mass is 357 g/mol. The summed E-state index contributed by atoms with van der Waals surface area (Å²) in [5, 5.41) is 4.03. The zero-order valence-corrected chi connectivity index (χ0v) is 15.6. The van der Waals surface area contributed by atoms with Crippen LogP contribution in [0.15, 0.2) is 34.0 Å². The summed E-state index contributed by atoms with van der Waals surface area (Å²) in [4.78, 5) is 28.7. The van der Waals surface area contributed by atoms with Crippen LogP contribution in [0.3, 0.4) is 0 Å². The fraction of sp³-hybridized carbons (Fsp3) is 0.263. The lowest BCUT2D eigenvalue weighted by Gasteiger charge is -2.29. The van der Waals surface area contributed by atoms with E-state index in [9.17, 15) is 9.59 Å². The summed E-state index contributed by atoms with van der Waals surface area (Å²) in [5.74, 6) is 0.0400. The van der Waals surface area contributed by atoms with Crippen LogP contribution in [0.1, 0.15) is 27.8 Å². The average Bonchev–Trinajstić information content (AvgIpc) is 3.12. The predicted octanol–water partition coefficient (Wildman–Crippen LogP) is 4.32. The number of Topliss-reactive ketones (excluding diaryl/α,β-unsaturated/α-hetero) is 1. The van der Waals surface area contributed by atoms with Crippen LogP contribution in [-0.4, -0.2) is 29.7 Å². The van der Waals surface area contributed by atoms with Gasteiger partial charge in [0.1, 0.15) is 0 Å². The zero-order chi connectivity index (χ0) is 17.3. The highest BCUT2D eigenvalue weighted by Crippen LogP contribution is 2.27. The molecule has 1 aliphatic rings. The molecule has 0 N–H and O–H groups in total. The summed E-state index contributed by atoms with van der Waals surface area (Å²) in [6.45, 7) is 6.38. The van der Waals surface area contributed by atoms with Gasteiger partial charge in [0, 0.05) is 40.9 Å². The molecule has 0 atom stereocenters. The van der Waals surface area contributed by atoms with E-state index in [4.69, 9.17) is 0 Å². The molecule has 1 amide bonds. The number of piperidine rings is 1. The van der Waals surface area contributed by atoms with Crippen molar-refractivity contribution in [2.24, 2.45) is 0 Å². The number of likely N-dealkylation sites (tertiary alicyclic amines) is 1. The smallest absolute Gasteiger partial charge is 0.220 e. The molecule has 0 radical (unpaired) electrons. The number of rotatable bonds is 2. The third-order valence-electron chi connectivity index (χ3n) is 4.17. The maximum atomic E-state index is 12.9. The second kappa shape index (κ2) is 6.87. The Kier molecular flexibility index (Phi) is 4.83. The quantitative estimate of drug-likeness (QED) is 0.751. The molecule has 5 heteroatoms. The largest absolute Gasteiger partial charge is 0.334 e. The number of ketones is 1. The van der Waals surface area contributed by atoms with Crippen LogP contribution in [0.4, 0.5) is 0 Å². The Labute approximate surface area is 149 Å². The van der Waals surface area contributed by atoms with Crippen molar-refractivity contribution in [3.8, 4) is 0 Å². The lowest BCUT2D eigenvalue weighted by molar-refractivity contribution is -0.129. The van der Waals surface area contributed by atoms with Crippen LogP contribution >= 0.6 is 22.7 Å². The molecule has 3 nitrogen and oxygen atoms in total. The number of aryl methyl sites for hydroxylation is 2. The van der Waals surface area contributed by atoms with Gasteiger partial charge >= 0.3 is 0 Å². The van der Waals surface area contributed by atoms with Gasteiger partial charge in [0.25, 0.3) is 0 Å². The van der Waals surface area contributed by atoms with Crippen molar-refractivity contribution in [1.82, 2.24) is 4.90 Å². The first-order chi connectivity index (χ1) is 11.5. The topological polar surface area (TPSA) is 37.4 Å². The molecule has 0 aliphatic carbocycles. The average molecular weight is 358 g/mol. The number of carbonyl (C=O) groups excluding carboxylic acids is 2. The fourth-order valence-electron chi connectivity index (χ4n) is 2.64. The Morgan fingerprint density at radius 1 is 1.00 bits per heavy atom. The standard InChI is InChI=1S/C19H19NO2S2/c1-12-4-6-23-17(12)8-15-10-20(14(3)21)11-16(19(15)22)9-18-13(2)5-7-24-18/h4-9H,10-11H2,1-3H3/b15-8+,16-9+. The van der Waals surface area contributed by atoms with Gasteiger partial charge in [-0.05, 0) is 60.0 Å². The van der Waals surface area contributed by atoms with Gasteiger partial charge < -0.3 is 4.90 Å². The summed E-state index contributed by atoms with van der Waals surface area (Å²) in [6.07, 6.45) is 3.87. The number of thiophene rings is 2. The molecule has 1 saturated heterocycles. The number of hydrogen-bond donors (Lipinski definition) is 0. The first-order valence-corrected chi connectivity index (χ1v) is 9.51. The Bertz CT molecular complexity index is 792. The fourth-order valence-corrected chi connectivity index (χ4v) is 4.41. The molecule has 3 rings (SSSR count). The van der Waals surface area contributed by atoms with Gasteiger partial charge in [0.15, 0.2) is 5.78 Å². The van der Waals surface area contributed by atoms with Crippen molar-refractivity contribution < 1.29 is 9.59 Å². The van der Waals surface area contributed by atoms with Crippen molar-refractivity contribution in [2.45, 2.75) is 20.8 Å². The van der Waals surface area contributed by atoms with Gasteiger partial charge in [0.2, 0.25) is 5.91 Å². The minimum Gasteiger partial charge on any atom is -0.334 e. The normalized spacial score (nSPS) is 18.6. The predicted molar refractivity (Wildman–Crippen MR) is 101 cm³/mol. The highest BCUT2D eigenvalue weighted by molar-refractivity contribution is 7.11. The van der Waals surface area contributed by atoms with E-state index in [0.717, 1.165) is 20.9 Å². The highest BCUT2D eigenvalue weighted by Gasteiger charge is 2.27. The molecule has 1 fully saturated rings. The van der Waals surface area contributed by atoms with Crippen molar-refractivity contribution in [3.63, 3.8) is 0 Å². The van der Waals surface area contributed by atoms with Gasteiger partial charge in [-0.2, -0.15) is 0 Å². The van der Waals surface area contributed by atoms with E-state index in [0.29, 0.717) is 24.2 Å². The molecule has 24 heavy (non-hydrogen) atoms. The third kappa shape index (κ3) is 3.42. The van der Waals surface area contributed by atoms with Gasteiger partial charge in [-0.25, -0.2) is 0 Å². The summed E-state index contributed by atoms with van der Waals surface area (Å²) in [7, 11) is 0. The Morgan fingerprint density at radius 2 is 1.46 bits per heavy atom. The molecule has 3 heterocycles. The summed E-state index contributed by atoms with van der Waals surface area (Å²) in [6, 6.07) is 4.08. The van der Waals surface area contributed by atoms with Gasteiger partial charge in [0.05, 0.1) is 0 Å². The van der Waals surface area contributed by atoms with Crippen molar-refractivity contribution in [1.29, 1.82) is 0 Å². The lowest BCUT2D eigenvalue weighted by atomic mass is 9.95. The molecular weight excluding hydrogens is 338 g/mol. The molecule has 0 unspecified atom stereocenters. The number of carbonyl (C=O) groups is 2. The van der Waals surface area contributed by atoms with Crippen molar-refractivity contribution in [3.05, 3.63) is 54.9 Å². The first kappa shape index (κ1) is 16.9. The van der Waals surface area contributed by atoms with Gasteiger partial charge in [-0.15, -0.1) is 22.7 Å². The van der Waals surface area contributed by atoms with E-state index < -0.39 is 0 Å².